The molecule has 0 spiro atoms. The molecule has 0 atom stereocenters. The van der Waals surface area contributed by atoms with Crippen LogP contribution in [0.25, 0.3) is 0 Å². The number of benzene rings is 1. The van der Waals surface area contributed by atoms with Crippen LogP contribution in [0.2, 0.25) is 5.02 Å². The molecule has 0 radical (unpaired) electrons. The smallest absolute Gasteiger partial charge is 0.243 e. The van der Waals surface area contributed by atoms with Crippen LogP contribution in [0.4, 0.5) is 0 Å². The van der Waals surface area contributed by atoms with Gasteiger partial charge in [-0.2, -0.15) is 4.31 Å². The van der Waals surface area contributed by atoms with Crippen molar-refractivity contribution in [2.45, 2.75) is 24.7 Å². The summed E-state index contributed by atoms with van der Waals surface area (Å²) in [6.45, 7) is 3.48. The summed E-state index contributed by atoms with van der Waals surface area (Å²) in [6.07, 6.45) is 1.05. The summed E-state index contributed by atoms with van der Waals surface area (Å²) in [7, 11) is -2.16. The molecule has 1 saturated heterocycles. The Morgan fingerprint density at radius 1 is 1.26 bits per heavy atom. The average molecular weight is 361 g/mol. The van der Waals surface area contributed by atoms with Gasteiger partial charge in [-0.3, -0.25) is 4.79 Å². The second-order valence-electron chi connectivity index (χ2n) is 5.29. The Balaban J connectivity index is 2.19. The van der Waals surface area contributed by atoms with Gasteiger partial charge < -0.3 is 9.64 Å². The lowest BCUT2D eigenvalue weighted by molar-refractivity contribution is -0.130. The van der Waals surface area contributed by atoms with E-state index in [-0.39, 0.29) is 22.4 Å². The van der Waals surface area contributed by atoms with E-state index in [9.17, 15) is 13.2 Å². The first-order valence-corrected chi connectivity index (χ1v) is 9.33. The van der Waals surface area contributed by atoms with Crippen molar-refractivity contribution in [2.24, 2.45) is 0 Å². The highest BCUT2D eigenvalue weighted by Gasteiger charge is 2.28. The minimum Gasteiger partial charge on any atom is -0.495 e. The fraction of sp³-hybridized carbons (Fsp3) is 0.533. The highest BCUT2D eigenvalue weighted by molar-refractivity contribution is 7.89. The van der Waals surface area contributed by atoms with Crippen LogP contribution in [0, 0.1) is 0 Å². The molecule has 1 heterocycles. The summed E-state index contributed by atoms with van der Waals surface area (Å²) in [5.74, 6) is 0.484. The van der Waals surface area contributed by atoms with Crippen LogP contribution in [-0.4, -0.2) is 56.8 Å². The first kappa shape index (κ1) is 18.0. The Bertz CT molecular complexity index is 678. The number of ether oxygens (including phenoxy) is 1. The number of halogens is 1. The number of carbonyl (C=O) groups excluding carboxylic acids is 1. The van der Waals surface area contributed by atoms with Crippen LogP contribution in [0.3, 0.4) is 0 Å². The van der Waals surface area contributed by atoms with Crippen LogP contribution >= 0.6 is 11.6 Å². The first-order chi connectivity index (χ1) is 10.9. The number of methoxy groups -OCH3 is 1. The van der Waals surface area contributed by atoms with E-state index in [0.29, 0.717) is 38.2 Å². The molecule has 0 bridgehead atoms. The maximum absolute atomic E-state index is 12.8. The number of hydrogen-bond acceptors (Lipinski definition) is 4. The van der Waals surface area contributed by atoms with Crippen LogP contribution in [0.1, 0.15) is 19.8 Å². The van der Waals surface area contributed by atoms with Gasteiger partial charge in [-0.1, -0.05) is 18.5 Å². The van der Waals surface area contributed by atoms with Crippen LogP contribution in [-0.2, 0) is 14.8 Å². The molecule has 128 valence electrons. The first-order valence-electron chi connectivity index (χ1n) is 7.51. The molecule has 0 aliphatic carbocycles. The lowest BCUT2D eigenvalue weighted by atomic mass is 10.3. The third-order valence-corrected chi connectivity index (χ3v) is 6.06. The molecule has 0 saturated carbocycles. The highest BCUT2D eigenvalue weighted by Crippen LogP contribution is 2.28. The van der Waals surface area contributed by atoms with Gasteiger partial charge in [0.25, 0.3) is 0 Å². The molecule has 1 aliphatic heterocycles. The molecule has 0 N–H and O–H groups in total. The summed E-state index contributed by atoms with van der Waals surface area (Å²) in [6, 6.07) is 4.43. The van der Waals surface area contributed by atoms with Crippen LogP contribution in [0.5, 0.6) is 5.75 Å². The van der Waals surface area contributed by atoms with Gasteiger partial charge in [0.15, 0.2) is 0 Å². The average Bonchev–Trinajstić information content (AvgIpc) is 2.80. The summed E-state index contributed by atoms with van der Waals surface area (Å²) in [4.78, 5) is 13.6. The molecular weight excluding hydrogens is 340 g/mol. The van der Waals surface area contributed by atoms with Crippen LogP contribution < -0.4 is 4.74 Å². The SMILES string of the molecule is CCC(=O)N1CCCN(S(=O)(=O)c2ccc(OC)c(Cl)c2)CC1. The van der Waals surface area contributed by atoms with Gasteiger partial charge >= 0.3 is 0 Å². The standard InChI is InChI=1S/C15H21ClN2O4S/c1-3-15(19)17-7-4-8-18(10-9-17)23(20,21)12-5-6-14(22-2)13(16)11-12/h5-6,11H,3-4,7-10H2,1-2H3. The molecule has 23 heavy (non-hydrogen) atoms. The van der Waals surface area contributed by atoms with Crippen molar-refractivity contribution in [3.8, 4) is 5.75 Å². The fourth-order valence-electron chi connectivity index (χ4n) is 2.56. The highest BCUT2D eigenvalue weighted by atomic mass is 35.5. The van der Waals surface area contributed by atoms with Crippen molar-refractivity contribution in [2.75, 3.05) is 33.3 Å². The van der Waals surface area contributed by atoms with E-state index >= 15 is 0 Å². The van der Waals surface area contributed by atoms with Gasteiger partial charge in [0.1, 0.15) is 5.75 Å². The van der Waals surface area contributed by atoms with E-state index in [1.54, 1.807) is 17.9 Å². The molecule has 1 amide bonds. The van der Waals surface area contributed by atoms with Crippen molar-refractivity contribution in [1.29, 1.82) is 0 Å². The summed E-state index contributed by atoms with van der Waals surface area (Å²) >= 11 is 6.03. The second kappa shape index (κ2) is 7.51. The van der Waals surface area contributed by atoms with E-state index in [0.717, 1.165) is 0 Å². The Labute approximate surface area is 142 Å². The number of rotatable bonds is 4. The van der Waals surface area contributed by atoms with Crippen LogP contribution in [0.15, 0.2) is 23.1 Å². The summed E-state index contributed by atoms with van der Waals surface area (Å²) in [5.41, 5.74) is 0. The molecule has 1 aromatic rings. The molecule has 1 aliphatic rings. The number of sulfonamides is 1. The molecule has 8 heteroatoms. The largest absolute Gasteiger partial charge is 0.495 e. The predicted octanol–water partition coefficient (Wildman–Crippen LogP) is 1.98. The number of carbonyl (C=O) groups is 1. The molecule has 6 nitrogen and oxygen atoms in total. The summed E-state index contributed by atoms with van der Waals surface area (Å²) < 4.78 is 32.0. The van der Waals surface area contributed by atoms with Gasteiger partial charge in [-0.15, -0.1) is 0 Å². The van der Waals surface area contributed by atoms with E-state index < -0.39 is 10.0 Å². The normalized spacial score (nSPS) is 16.9. The zero-order valence-electron chi connectivity index (χ0n) is 13.3. The van der Waals surface area contributed by atoms with E-state index in [1.807, 2.05) is 0 Å². The Hall–Kier alpha value is -1.31. The number of amides is 1. The van der Waals surface area contributed by atoms with Gasteiger partial charge in [0.2, 0.25) is 15.9 Å². The molecule has 1 aromatic carbocycles. The van der Waals surface area contributed by atoms with Gasteiger partial charge in [-0.25, -0.2) is 8.42 Å². The molecule has 0 unspecified atom stereocenters. The quantitative estimate of drug-likeness (QED) is 0.823. The van der Waals surface area contributed by atoms with Crippen molar-refractivity contribution in [3.05, 3.63) is 23.2 Å². The second-order valence-corrected chi connectivity index (χ2v) is 7.63. The van der Waals surface area contributed by atoms with Gasteiger partial charge in [0.05, 0.1) is 17.0 Å². The number of hydrogen-bond donors (Lipinski definition) is 0. The van der Waals surface area contributed by atoms with Gasteiger partial charge in [0, 0.05) is 32.6 Å². The van der Waals surface area contributed by atoms with Crippen molar-refractivity contribution >= 4 is 27.5 Å². The molecule has 1 fully saturated rings. The van der Waals surface area contributed by atoms with Crippen molar-refractivity contribution in [1.82, 2.24) is 9.21 Å². The zero-order chi connectivity index (χ0) is 17.0. The Kier molecular flexibility index (Phi) is 5.89. The lowest BCUT2D eigenvalue weighted by Crippen LogP contribution is -2.37. The van der Waals surface area contributed by atoms with Crippen molar-refractivity contribution < 1.29 is 17.9 Å². The zero-order valence-corrected chi connectivity index (χ0v) is 14.9. The maximum atomic E-state index is 12.8. The minimum atomic E-state index is -3.63. The lowest BCUT2D eigenvalue weighted by Gasteiger charge is -2.22. The van der Waals surface area contributed by atoms with Crippen molar-refractivity contribution in [3.63, 3.8) is 0 Å². The number of nitrogens with zero attached hydrogens (tertiary/aromatic N) is 2. The molecule has 2 rings (SSSR count). The topological polar surface area (TPSA) is 66.9 Å². The fourth-order valence-corrected chi connectivity index (χ4v) is 4.38. The van der Waals surface area contributed by atoms with Gasteiger partial charge in [-0.05, 0) is 24.6 Å². The molecule has 0 aromatic heterocycles. The van der Waals surface area contributed by atoms with E-state index in [4.69, 9.17) is 16.3 Å². The molecular formula is C15H21ClN2O4S. The third kappa shape index (κ3) is 3.97. The monoisotopic (exact) mass is 360 g/mol. The Morgan fingerprint density at radius 2 is 2.00 bits per heavy atom. The van der Waals surface area contributed by atoms with E-state index in [2.05, 4.69) is 0 Å². The summed E-state index contributed by atoms with van der Waals surface area (Å²) in [5, 5.41) is 0.256. The van der Waals surface area contributed by atoms with E-state index in [1.165, 1.54) is 23.5 Å². The Morgan fingerprint density at radius 3 is 2.61 bits per heavy atom. The minimum absolute atomic E-state index is 0.0525. The maximum Gasteiger partial charge on any atom is 0.243 e. The third-order valence-electron chi connectivity index (χ3n) is 3.87. The predicted molar refractivity (Wildman–Crippen MR) is 88.3 cm³/mol.